The number of fused-ring (bicyclic) bond motifs is 1. The van der Waals surface area contributed by atoms with Crippen LogP contribution in [-0.4, -0.2) is 75.0 Å². The van der Waals surface area contributed by atoms with Crippen molar-refractivity contribution in [3.8, 4) is 0 Å². The van der Waals surface area contributed by atoms with Crippen LogP contribution in [0.4, 0.5) is 25.0 Å². The predicted octanol–water partition coefficient (Wildman–Crippen LogP) is 2.16. The summed E-state index contributed by atoms with van der Waals surface area (Å²) in [6.07, 6.45) is 1.12. The Bertz CT molecular complexity index is 806. The summed E-state index contributed by atoms with van der Waals surface area (Å²) >= 11 is 0. The Kier molecular flexibility index (Phi) is 6.08. The summed E-state index contributed by atoms with van der Waals surface area (Å²) in [5, 5.41) is 2.62. The van der Waals surface area contributed by atoms with E-state index in [-0.39, 0.29) is 37.5 Å². The molecule has 0 aromatic heterocycles. The number of ether oxygens (including phenoxy) is 1. The van der Waals surface area contributed by atoms with Crippen LogP contribution >= 0.6 is 0 Å². The summed E-state index contributed by atoms with van der Waals surface area (Å²) in [7, 11) is 0. The number of carbonyl (C=O) groups excluding carboxylic acids is 2. The first kappa shape index (κ1) is 20.8. The van der Waals surface area contributed by atoms with Crippen LogP contribution in [0, 0.1) is 11.7 Å². The smallest absolute Gasteiger partial charge is 0.414 e. The summed E-state index contributed by atoms with van der Waals surface area (Å²) in [5.74, 6) is -0.162. The number of amides is 2. The van der Waals surface area contributed by atoms with Crippen molar-refractivity contribution in [3.63, 3.8) is 0 Å². The van der Waals surface area contributed by atoms with Gasteiger partial charge in [-0.1, -0.05) is 0 Å². The van der Waals surface area contributed by atoms with E-state index in [1.54, 1.807) is 12.1 Å². The van der Waals surface area contributed by atoms with Crippen LogP contribution in [0.1, 0.15) is 19.8 Å². The molecule has 2 amide bonds. The Morgan fingerprint density at radius 2 is 2.13 bits per heavy atom. The molecule has 9 heteroatoms. The van der Waals surface area contributed by atoms with E-state index >= 15 is 4.39 Å². The summed E-state index contributed by atoms with van der Waals surface area (Å²) in [4.78, 5) is 28.8. The Hall–Kier alpha value is -2.42. The van der Waals surface area contributed by atoms with E-state index in [0.717, 1.165) is 25.9 Å². The fourth-order valence-corrected chi connectivity index (χ4v) is 4.87. The first-order valence-electron chi connectivity index (χ1n) is 10.5. The number of cyclic esters (lactones) is 1. The quantitative estimate of drug-likeness (QED) is 0.761. The Labute approximate surface area is 174 Å². The highest BCUT2D eigenvalue weighted by Crippen LogP contribution is 2.35. The lowest BCUT2D eigenvalue weighted by Crippen LogP contribution is -2.46. The van der Waals surface area contributed by atoms with E-state index in [2.05, 4.69) is 10.2 Å². The van der Waals surface area contributed by atoms with Gasteiger partial charge in [-0.3, -0.25) is 14.6 Å². The number of hydrogen-bond acceptors (Lipinski definition) is 5. The minimum Gasteiger partial charge on any atom is -0.442 e. The lowest BCUT2D eigenvalue weighted by molar-refractivity contribution is -0.119. The number of alkyl halides is 1. The molecule has 0 radical (unpaired) electrons. The molecular formula is C21H28F2N4O3. The lowest BCUT2D eigenvalue weighted by Gasteiger charge is -2.36. The highest BCUT2D eigenvalue weighted by atomic mass is 19.1. The van der Waals surface area contributed by atoms with Gasteiger partial charge in [-0.25, -0.2) is 13.6 Å². The third-order valence-electron chi connectivity index (χ3n) is 6.30. The summed E-state index contributed by atoms with van der Waals surface area (Å²) in [6.45, 7) is 4.30. The number of rotatable bonds is 6. The average Bonchev–Trinajstić information content (AvgIpc) is 3.30. The molecule has 3 atom stereocenters. The van der Waals surface area contributed by atoms with Crippen molar-refractivity contribution in [2.24, 2.45) is 5.92 Å². The van der Waals surface area contributed by atoms with Crippen LogP contribution in [0.5, 0.6) is 0 Å². The zero-order valence-corrected chi connectivity index (χ0v) is 17.2. The summed E-state index contributed by atoms with van der Waals surface area (Å²) in [5.41, 5.74) is 0.943. The van der Waals surface area contributed by atoms with Crippen molar-refractivity contribution in [2.45, 2.75) is 31.9 Å². The van der Waals surface area contributed by atoms with Gasteiger partial charge in [0, 0.05) is 32.6 Å². The third kappa shape index (κ3) is 4.21. The van der Waals surface area contributed by atoms with Crippen LogP contribution in [-0.2, 0) is 9.53 Å². The van der Waals surface area contributed by atoms with E-state index in [0.29, 0.717) is 30.4 Å². The first-order valence-corrected chi connectivity index (χ1v) is 10.5. The normalized spacial score (nSPS) is 26.6. The zero-order chi connectivity index (χ0) is 21.3. The maximum atomic E-state index is 15.0. The van der Waals surface area contributed by atoms with Gasteiger partial charge in [0.15, 0.2) is 0 Å². The van der Waals surface area contributed by atoms with Crippen LogP contribution in [0.2, 0.25) is 0 Å². The first-order chi connectivity index (χ1) is 14.5. The molecule has 30 heavy (non-hydrogen) atoms. The van der Waals surface area contributed by atoms with E-state index in [4.69, 9.17) is 4.74 Å². The molecule has 0 bridgehead atoms. The minimum absolute atomic E-state index is 0.198. The Morgan fingerprint density at radius 1 is 1.30 bits per heavy atom. The molecule has 2 unspecified atom stereocenters. The van der Waals surface area contributed by atoms with Gasteiger partial charge in [0.25, 0.3) is 0 Å². The van der Waals surface area contributed by atoms with Gasteiger partial charge < -0.3 is 15.0 Å². The zero-order valence-electron chi connectivity index (χ0n) is 17.2. The fourth-order valence-electron chi connectivity index (χ4n) is 4.87. The number of piperidine rings is 1. The van der Waals surface area contributed by atoms with Crippen molar-refractivity contribution in [3.05, 3.63) is 24.0 Å². The highest BCUT2D eigenvalue weighted by molar-refractivity contribution is 5.90. The van der Waals surface area contributed by atoms with Crippen molar-refractivity contribution in [1.82, 2.24) is 10.2 Å². The molecule has 1 aromatic carbocycles. The van der Waals surface area contributed by atoms with Gasteiger partial charge in [0.2, 0.25) is 5.91 Å². The molecule has 7 nitrogen and oxygen atoms in total. The maximum Gasteiger partial charge on any atom is 0.414 e. The SMILES string of the molecule is CC(=O)NCC1CN(c2ccc(N3CC4CCCN(CCF)[C@@H]4C3)c(F)c2)C(=O)O1. The number of nitrogens with zero attached hydrogens (tertiary/aromatic N) is 3. The number of hydrogen-bond donors (Lipinski definition) is 1. The molecule has 1 N–H and O–H groups in total. The van der Waals surface area contributed by atoms with Crippen molar-refractivity contribution in [2.75, 3.05) is 55.7 Å². The number of halogens is 2. The van der Waals surface area contributed by atoms with Gasteiger partial charge in [-0.05, 0) is 43.5 Å². The lowest BCUT2D eigenvalue weighted by atomic mass is 9.92. The van der Waals surface area contributed by atoms with Gasteiger partial charge in [0.1, 0.15) is 18.6 Å². The second-order valence-electron chi connectivity index (χ2n) is 8.29. The molecule has 3 fully saturated rings. The van der Waals surface area contributed by atoms with Crippen molar-refractivity contribution >= 4 is 23.4 Å². The molecule has 0 aliphatic carbocycles. The summed E-state index contributed by atoms with van der Waals surface area (Å²) in [6, 6.07) is 5.05. The molecule has 3 saturated heterocycles. The second kappa shape index (κ2) is 8.75. The molecule has 4 rings (SSSR count). The molecule has 164 valence electrons. The molecule has 3 aliphatic rings. The van der Waals surface area contributed by atoms with Crippen molar-refractivity contribution in [1.29, 1.82) is 0 Å². The maximum absolute atomic E-state index is 15.0. The monoisotopic (exact) mass is 422 g/mol. The number of likely N-dealkylation sites (tertiary alicyclic amines) is 1. The molecule has 3 heterocycles. The summed E-state index contributed by atoms with van der Waals surface area (Å²) < 4.78 is 33.1. The largest absolute Gasteiger partial charge is 0.442 e. The van der Waals surface area contributed by atoms with E-state index in [1.165, 1.54) is 17.9 Å². The second-order valence-corrected chi connectivity index (χ2v) is 8.29. The van der Waals surface area contributed by atoms with Crippen LogP contribution < -0.4 is 15.1 Å². The fraction of sp³-hybridized carbons (Fsp3) is 0.619. The predicted molar refractivity (Wildman–Crippen MR) is 109 cm³/mol. The van der Waals surface area contributed by atoms with E-state index in [9.17, 15) is 14.0 Å². The van der Waals surface area contributed by atoms with E-state index < -0.39 is 12.2 Å². The molecule has 0 saturated carbocycles. The molecular weight excluding hydrogens is 394 g/mol. The van der Waals surface area contributed by atoms with Gasteiger partial charge in [-0.15, -0.1) is 0 Å². The average molecular weight is 422 g/mol. The third-order valence-corrected chi connectivity index (χ3v) is 6.30. The van der Waals surface area contributed by atoms with Gasteiger partial charge in [-0.2, -0.15) is 0 Å². The Balaban J connectivity index is 1.44. The topological polar surface area (TPSA) is 65.1 Å². The Morgan fingerprint density at radius 3 is 2.87 bits per heavy atom. The van der Waals surface area contributed by atoms with Crippen LogP contribution in [0.15, 0.2) is 18.2 Å². The van der Waals surface area contributed by atoms with Crippen LogP contribution in [0.3, 0.4) is 0 Å². The number of benzene rings is 1. The van der Waals surface area contributed by atoms with E-state index in [1.807, 2.05) is 4.90 Å². The van der Waals surface area contributed by atoms with Crippen molar-refractivity contribution < 1.29 is 23.1 Å². The number of anilines is 2. The highest BCUT2D eigenvalue weighted by Gasteiger charge is 2.40. The molecule has 1 aromatic rings. The standard InChI is InChI=1S/C21H28F2N4O3/c1-14(28)24-10-17-12-27(21(29)30-17)16-4-5-19(18(23)9-16)26-11-15-3-2-7-25(8-6-22)20(15)13-26/h4-5,9,15,17,20H,2-3,6-8,10-13H2,1H3,(H,24,28)/t15?,17?,20-/m1/s1. The number of nitrogens with one attached hydrogen (secondary N) is 1. The van der Waals surface area contributed by atoms with Gasteiger partial charge >= 0.3 is 6.09 Å². The van der Waals surface area contributed by atoms with Crippen LogP contribution in [0.25, 0.3) is 0 Å². The van der Waals surface area contributed by atoms with Gasteiger partial charge in [0.05, 0.1) is 24.5 Å². The minimum atomic E-state index is -0.549. The molecule has 3 aliphatic heterocycles. The molecule has 0 spiro atoms. The number of carbonyl (C=O) groups is 2.